The van der Waals surface area contributed by atoms with Crippen LogP contribution in [0.1, 0.15) is 22.5 Å². The summed E-state index contributed by atoms with van der Waals surface area (Å²) in [5.41, 5.74) is 0.548. The van der Waals surface area contributed by atoms with E-state index in [2.05, 4.69) is 21.6 Å². The average Bonchev–Trinajstić information content (AvgIpc) is 3.27. The second-order valence-electron chi connectivity index (χ2n) is 8.77. The summed E-state index contributed by atoms with van der Waals surface area (Å²) in [6.45, 7) is 2.91. The molecular weight excluding hydrogens is 561 g/mol. The smallest absolute Gasteiger partial charge is 0.272 e. The van der Waals surface area contributed by atoms with Crippen LogP contribution in [0.15, 0.2) is 42.5 Å². The topological polar surface area (TPSA) is 165 Å². The number of halogens is 1. The number of carbonyl (C=O) groups is 1. The fourth-order valence-corrected chi connectivity index (χ4v) is 7.15. The van der Waals surface area contributed by atoms with E-state index in [1.807, 2.05) is 0 Å². The number of carbonyl (C=O) groups excluding carboxylic acids is 1. The van der Waals surface area contributed by atoms with Crippen LogP contribution in [0.5, 0.6) is 5.75 Å². The number of aromatic nitrogens is 2. The second kappa shape index (κ2) is 12.5. The van der Waals surface area contributed by atoms with E-state index in [4.69, 9.17) is 21.1 Å². The number of aryl methyl sites for hydroxylation is 2. The Morgan fingerprint density at radius 1 is 1.27 bits per heavy atom. The molecule has 0 radical (unpaired) electrons. The zero-order chi connectivity index (χ0) is 28.9. The fourth-order valence-electron chi connectivity index (χ4n) is 4.32. The Labute approximate surface area is 235 Å². The zero-order valence-corrected chi connectivity index (χ0v) is 23.4. The minimum Gasteiger partial charge on any atom is -0.495 e. The number of nitrogens with zero attached hydrogens (tertiary/aromatic N) is 5. The number of non-ortho nitro benzene ring substituents is 1. The van der Waals surface area contributed by atoms with Gasteiger partial charge in [-0.05, 0) is 37.3 Å². The molecule has 0 unspecified atom stereocenters. The van der Waals surface area contributed by atoms with Crippen LogP contribution >= 0.6 is 19.0 Å². The molecule has 1 amide bonds. The summed E-state index contributed by atoms with van der Waals surface area (Å²) in [6.07, 6.45) is 0.0817. The maximum atomic E-state index is 15.2. The molecule has 3 aromatic rings. The summed E-state index contributed by atoms with van der Waals surface area (Å²) in [5.74, 6) is -0.128. The van der Waals surface area contributed by atoms with Crippen LogP contribution in [0.4, 0.5) is 17.2 Å². The van der Waals surface area contributed by atoms with E-state index in [0.29, 0.717) is 29.5 Å². The zero-order valence-electron chi connectivity index (χ0n) is 21.8. The summed E-state index contributed by atoms with van der Waals surface area (Å²) in [7, 11) is -2.50. The summed E-state index contributed by atoms with van der Waals surface area (Å²) in [6, 6.07) is 12.2. The van der Waals surface area contributed by atoms with Crippen LogP contribution in [0.25, 0.3) is 0 Å². The van der Waals surface area contributed by atoms with Gasteiger partial charge in [-0.15, -0.1) is 0 Å². The van der Waals surface area contributed by atoms with Crippen molar-refractivity contribution in [2.24, 2.45) is 0 Å². The quantitative estimate of drug-likeness (QED) is 0.199. The van der Waals surface area contributed by atoms with E-state index < -0.39 is 18.3 Å². The number of hydrogen-bond acceptors (Lipinski definition) is 8. The van der Waals surface area contributed by atoms with Gasteiger partial charge in [-0.1, -0.05) is 11.6 Å². The Balaban J connectivity index is 1.88. The monoisotopic (exact) mass is 587 g/mol. The lowest BCUT2D eigenvalue weighted by Gasteiger charge is -2.35. The van der Waals surface area contributed by atoms with Crippen molar-refractivity contribution in [1.82, 2.24) is 14.5 Å². The Morgan fingerprint density at radius 2 is 1.98 bits per heavy atom. The molecule has 2 N–H and O–H groups in total. The molecule has 15 heteroatoms. The maximum absolute atomic E-state index is 15.2. The van der Waals surface area contributed by atoms with Crippen molar-refractivity contribution in [2.75, 3.05) is 43.8 Å². The predicted octanol–water partition coefficient (Wildman–Crippen LogP) is 4.19. The third-order valence-electron chi connectivity index (χ3n) is 6.22. The first kappa shape index (κ1) is 29.0. The molecule has 1 aromatic heterocycles. The SMILES string of the molecule is COc1ccc([N+](=O)[O-])cc1N[P@@](=O)(c1c(C)nn(CCC#N)c1NC(=O)c1ccc(Cl)cc1)N1CCOCC1. The molecule has 1 aliphatic heterocycles. The number of rotatable bonds is 10. The molecule has 1 fully saturated rings. The van der Waals surface area contributed by atoms with Crippen molar-refractivity contribution >= 4 is 47.4 Å². The van der Waals surface area contributed by atoms with E-state index in [0.717, 1.165) is 0 Å². The summed E-state index contributed by atoms with van der Waals surface area (Å²) in [4.78, 5) is 24.3. The van der Waals surface area contributed by atoms with Crippen molar-refractivity contribution in [3.8, 4) is 11.8 Å². The van der Waals surface area contributed by atoms with Gasteiger partial charge in [0.05, 0.1) is 55.7 Å². The van der Waals surface area contributed by atoms with Crippen LogP contribution in [0, 0.1) is 28.4 Å². The molecular formula is C25H27ClN7O6P. The number of hydrogen-bond donors (Lipinski definition) is 2. The number of nitro groups is 1. The highest BCUT2D eigenvalue weighted by Gasteiger charge is 2.41. The van der Waals surface area contributed by atoms with E-state index in [1.54, 1.807) is 35.9 Å². The van der Waals surface area contributed by atoms with Gasteiger partial charge in [0.15, 0.2) is 0 Å². The van der Waals surface area contributed by atoms with Gasteiger partial charge in [-0.2, -0.15) is 10.4 Å². The standard InChI is InChI=1S/C25H27ClN7O6P/c1-17-23(24(32(29-17)11-3-10-27)28-25(34)18-4-6-19(26)7-5-18)40(37,31-12-14-39-15-13-31)30-21-16-20(33(35)36)8-9-22(21)38-2/h4-9,16H,3,11-15H2,1-2H3,(H,28,34)(H,30,37)/t40-/m0/s1. The first-order chi connectivity index (χ1) is 19.2. The average molecular weight is 588 g/mol. The molecule has 1 atom stereocenters. The molecule has 0 saturated carbocycles. The molecule has 0 spiro atoms. The normalized spacial score (nSPS) is 15.1. The van der Waals surface area contributed by atoms with Crippen LogP contribution in [-0.4, -0.2) is 58.7 Å². The summed E-state index contributed by atoms with van der Waals surface area (Å²) in [5, 5.41) is 31.8. The number of benzene rings is 2. The second-order valence-corrected chi connectivity index (χ2v) is 11.6. The maximum Gasteiger partial charge on any atom is 0.272 e. The molecule has 0 bridgehead atoms. The third-order valence-corrected chi connectivity index (χ3v) is 9.36. The van der Waals surface area contributed by atoms with Gasteiger partial charge in [0, 0.05) is 35.8 Å². The third kappa shape index (κ3) is 6.11. The van der Waals surface area contributed by atoms with Crippen LogP contribution in [-0.2, 0) is 15.8 Å². The van der Waals surface area contributed by atoms with Crippen LogP contribution in [0.2, 0.25) is 5.02 Å². The molecule has 40 heavy (non-hydrogen) atoms. The Bertz CT molecular complexity index is 1500. The number of nitrogens with one attached hydrogen (secondary N) is 2. The van der Waals surface area contributed by atoms with Gasteiger partial charge >= 0.3 is 0 Å². The van der Waals surface area contributed by atoms with E-state index >= 15 is 4.57 Å². The van der Waals surface area contributed by atoms with Gasteiger partial charge in [0.1, 0.15) is 16.9 Å². The largest absolute Gasteiger partial charge is 0.495 e. The number of methoxy groups -OCH3 is 1. The number of amides is 1. The molecule has 210 valence electrons. The lowest BCUT2D eigenvalue weighted by molar-refractivity contribution is -0.384. The number of nitriles is 1. The first-order valence-corrected chi connectivity index (χ1v) is 14.3. The van der Waals surface area contributed by atoms with Crippen LogP contribution < -0.4 is 20.4 Å². The Morgan fingerprint density at radius 3 is 2.60 bits per heavy atom. The molecule has 1 saturated heterocycles. The lowest BCUT2D eigenvalue weighted by Crippen LogP contribution is -2.40. The van der Waals surface area contributed by atoms with Gasteiger partial charge in [-0.25, -0.2) is 9.35 Å². The van der Waals surface area contributed by atoms with Crippen molar-refractivity contribution in [3.05, 3.63) is 68.9 Å². The molecule has 13 nitrogen and oxygen atoms in total. The van der Waals surface area contributed by atoms with E-state index in [1.165, 1.54) is 30.0 Å². The van der Waals surface area contributed by atoms with Gasteiger partial charge in [-0.3, -0.25) is 19.5 Å². The summed E-state index contributed by atoms with van der Waals surface area (Å²) < 4.78 is 29.2. The summed E-state index contributed by atoms with van der Waals surface area (Å²) >= 11 is 5.98. The van der Waals surface area contributed by atoms with Crippen LogP contribution in [0.3, 0.4) is 0 Å². The minimum atomic E-state index is -3.90. The number of morpholine rings is 1. The van der Waals surface area contributed by atoms with Crippen molar-refractivity contribution in [2.45, 2.75) is 19.9 Å². The Kier molecular flexibility index (Phi) is 9.07. The highest BCUT2D eigenvalue weighted by atomic mass is 35.5. The molecule has 2 heterocycles. The fraction of sp³-hybridized carbons (Fsp3) is 0.320. The Hall–Kier alpha value is -3.95. The molecule has 1 aliphatic rings. The van der Waals surface area contributed by atoms with Gasteiger partial charge in [0.25, 0.3) is 19.0 Å². The first-order valence-electron chi connectivity index (χ1n) is 12.2. The lowest BCUT2D eigenvalue weighted by atomic mass is 10.2. The molecule has 4 rings (SSSR count). The number of ether oxygens (including phenoxy) is 2. The van der Waals surface area contributed by atoms with E-state index in [9.17, 15) is 20.2 Å². The number of nitro benzene ring substituents is 1. The predicted molar refractivity (Wildman–Crippen MR) is 150 cm³/mol. The molecule has 2 aromatic carbocycles. The van der Waals surface area contributed by atoms with Crippen molar-refractivity contribution < 1.29 is 23.8 Å². The minimum absolute atomic E-state index is 0.0817. The van der Waals surface area contributed by atoms with Crippen molar-refractivity contribution in [3.63, 3.8) is 0 Å². The highest BCUT2D eigenvalue weighted by molar-refractivity contribution is 7.71. The van der Waals surface area contributed by atoms with E-state index in [-0.39, 0.29) is 54.3 Å². The van der Waals surface area contributed by atoms with Gasteiger partial charge in [0.2, 0.25) is 0 Å². The number of anilines is 2. The highest BCUT2D eigenvalue weighted by Crippen LogP contribution is 2.53. The van der Waals surface area contributed by atoms with Crippen molar-refractivity contribution in [1.29, 1.82) is 5.26 Å². The van der Waals surface area contributed by atoms with Gasteiger partial charge < -0.3 is 19.9 Å². The molecule has 0 aliphatic carbocycles.